The summed E-state index contributed by atoms with van der Waals surface area (Å²) in [5.41, 5.74) is 1.40. The molecule has 0 aliphatic heterocycles. The Labute approximate surface area is 230 Å². The predicted molar refractivity (Wildman–Crippen MR) is 134 cm³/mol. The molecule has 3 rings (SSSR count). The van der Waals surface area contributed by atoms with Crippen LogP contribution in [0, 0.1) is 0 Å². The third kappa shape index (κ3) is 8.30. The molecule has 16 heteroatoms. The number of hydrogen-bond donors (Lipinski definition) is 2. The van der Waals surface area contributed by atoms with Gasteiger partial charge in [0.1, 0.15) is 5.82 Å². The fourth-order valence-electron chi connectivity index (χ4n) is 4.81. The number of hydrazone groups is 1. The normalized spacial score (nSPS) is 15.4. The maximum atomic E-state index is 13.7. The number of guanidine groups is 1. The smallest absolute Gasteiger partial charge is 0.368 e. The summed E-state index contributed by atoms with van der Waals surface area (Å²) in [4.78, 5) is 6.99. The fraction of sp³-hybridized carbons (Fsp3) is 0.520. The number of nitrogens with zero attached hydrogens (tertiary/aromatic N) is 5. The van der Waals surface area contributed by atoms with Crippen molar-refractivity contribution < 1.29 is 39.5 Å². The van der Waals surface area contributed by atoms with Crippen LogP contribution in [0.4, 0.5) is 45.3 Å². The highest BCUT2D eigenvalue weighted by Crippen LogP contribution is 2.38. The molecular weight excluding hydrogens is 569 g/mol. The van der Waals surface area contributed by atoms with Gasteiger partial charge in [-0.25, -0.2) is 15.9 Å². The van der Waals surface area contributed by atoms with Gasteiger partial charge in [0.15, 0.2) is 0 Å². The highest BCUT2D eigenvalue weighted by molar-refractivity contribution is 5.78. The number of alkyl halides is 9. The zero-order chi connectivity index (χ0) is 30.8. The molecule has 7 nitrogen and oxygen atoms in total. The number of rotatable bonds is 8. The second-order valence-electron chi connectivity index (χ2n) is 9.73. The van der Waals surface area contributed by atoms with Gasteiger partial charge >= 0.3 is 18.5 Å². The number of hydrogen-bond acceptors (Lipinski definition) is 5. The van der Waals surface area contributed by atoms with E-state index in [0.29, 0.717) is 24.9 Å². The average molecular weight is 600 g/mol. The third-order valence-corrected chi connectivity index (χ3v) is 6.61. The minimum atomic E-state index is -5.10. The van der Waals surface area contributed by atoms with E-state index in [4.69, 9.17) is 11.6 Å². The molecule has 2 aromatic rings. The molecule has 4 N–H and O–H groups in total. The van der Waals surface area contributed by atoms with Gasteiger partial charge in [-0.05, 0) is 49.6 Å². The van der Waals surface area contributed by atoms with Crippen LogP contribution in [0.25, 0.3) is 0 Å². The second kappa shape index (κ2) is 12.2. The minimum Gasteiger partial charge on any atom is -0.368 e. The third-order valence-electron chi connectivity index (χ3n) is 6.61. The Morgan fingerprint density at radius 1 is 0.878 bits per heavy atom. The van der Waals surface area contributed by atoms with Crippen molar-refractivity contribution in [3.05, 3.63) is 58.3 Å². The Morgan fingerprint density at radius 2 is 1.41 bits per heavy atom. The Balaban J connectivity index is 2.14. The van der Waals surface area contributed by atoms with Crippen molar-refractivity contribution >= 4 is 11.8 Å². The summed E-state index contributed by atoms with van der Waals surface area (Å²) < 4.78 is 122. The van der Waals surface area contributed by atoms with Crippen molar-refractivity contribution in [1.82, 2.24) is 15.0 Å². The van der Waals surface area contributed by atoms with Crippen LogP contribution < -0.4 is 16.5 Å². The zero-order valence-corrected chi connectivity index (χ0v) is 22.2. The van der Waals surface area contributed by atoms with Crippen LogP contribution in [0.2, 0.25) is 0 Å². The van der Waals surface area contributed by atoms with E-state index in [1.165, 1.54) is 7.05 Å². The molecule has 1 aromatic heterocycles. The fourth-order valence-corrected chi connectivity index (χ4v) is 4.81. The van der Waals surface area contributed by atoms with E-state index in [-0.39, 0.29) is 23.5 Å². The molecular formula is C25H30F9N7. The van der Waals surface area contributed by atoms with E-state index in [0.717, 1.165) is 41.8 Å². The van der Waals surface area contributed by atoms with Crippen LogP contribution in [-0.2, 0) is 31.6 Å². The van der Waals surface area contributed by atoms with Crippen molar-refractivity contribution in [2.45, 2.75) is 70.3 Å². The lowest BCUT2D eigenvalue weighted by atomic mass is 10.0. The molecule has 0 spiro atoms. The van der Waals surface area contributed by atoms with E-state index in [2.05, 4.69) is 10.1 Å². The van der Waals surface area contributed by atoms with Gasteiger partial charge in [0.25, 0.3) is 0 Å². The highest BCUT2D eigenvalue weighted by atomic mass is 19.4. The van der Waals surface area contributed by atoms with Gasteiger partial charge in [0.05, 0.1) is 16.7 Å². The monoisotopic (exact) mass is 599 g/mol. The van der Waals surface area contributed by atoms with Crippen LogP contribution in [0.5, 0.6) is 0 Å². The lowest BCUT2D eigenvalue weighted by molar-refractivity contribution is -0.143. The Kier molecular flexibility index (Phi) is 9.55. The molecule has 1 aromatic carbocycles. The number of aromatic nitrogens is 1. The van der Waals surface area contributed by atoms with Crippen molar-refractivity contribution in [1.29, 1.82) is 0 Å². The van der Waals surface area contributed by atoms with Gasteiger partial charge in [-0.15, -0.1) is 5.10 Å². The minimum absolute atomic E-state index is 0.00423. The first-order valence-electron chi connectivity index (χ1n) is 12.6. The number of nitrogens with two attached hydrogens (primary N) is 2. The summed E-state index contributed by atoms with van der Waals surface area (Å²) in [6.45, 7) is 1.06. The SMILES string of the molecule is CCN(c1ncc(C(F)(F)F)cc1CN(Cc1cc(C(F)(F)F)cc(C(F)(F)F)c1)/C(N)=N/N(C)N)C1CCCC1. The molecule has 0 radical (unpaired) electrons. The van der Waals surface area contributed by atoms with E-state index >= 15 is 0 Å². The quantitative estimate of drug-likeness (QED) is 0.128. The van der Waals surface area contributed by atoms with E-state index < -0.39 is 59.8 Å². The van der Waals surface area contributed by atoms with Gasteiger partial charge in [-0.3, -0.25) is 0 Å². The lowest BCUT2D eigenvalue weighted by Gasteiger charge is -2.33. The van der Waals surface area contributed by atoms with E-state index in [1.54, 1.807) is 6.92 Å². The van der Waals surface area contributed by atoms with Gasteiger partial charge in [-0.2, -0.15) is 39.5 Å². The lowest BCUT2D eigenvalue weighted by Crippen LogP contribution is -2.40. The predicted octanol–water partition coefficient (Wildman–Crippen LogP) is 5.94. The van der Waals surface area contributed by atoms with Crippen LogP contribution in [0.15, 0.2) is 35.6 Å². The average Bonchev–Trinajstić information content (AvgIpc) is 3.37. The molecule has 1 saturated carbocycles. The van der Waals surface area contributed by atoms with Crippen molar-refractivity contribution in [3.63, 3.8) is 0 Å². The number of benzene rings is 1. The molecule has 228 valence electrons. The molecule has 1 aliphatic rings. The topological polar surface area (TPSA) is 87.0 Å². The first-order chi connectivity index (χ1) is 18.9. The molecule has 1 aliphatic carbocycles. The summed E-state index contributed by atoms with van der Waals surface area (Å²) in [5, 5.41) is 4.53. The van der Waals surface area contributed by atoms with E-state index in [1.807, 2.05) is 4.90 Å². The maximum absolute atomic E-state index is 13.7. The van der Waals surface area contributed by atoms with Crippen LogP contribution in [0.1, 0.15) is 60.4 Å². The summed E-state index contributed by atoms with van der Waals surface area (Å²) >= 11 is 0. The van der Waals surface area contributed by atoms with Gasteiger partial charge in [0.2, 0.25) is 5.96 Å². The Morgan fingerprint density at radius 3 is 1.88 bits per heavy atom. The maximum Gasteiger partial charge on any atom is 0.417 e. The van der Waals surface area contributed by atoms with Crippen molar-refractivity contribution in [3.8, 4) is 0 Å². The summed E-state index contributed by atoms with van der Waals surface area (Å²) in [6, 6.07) is 1.86. The molecule has 1 fully saturated rings. The molecule has 0 amide bonds. The largest absolute Gasteiger partial charge is 0.417 e. The number of anilines is 1. The van der Waals surface area contributed by atoms with Crippen molar-refractivity contribution in [2.24, 2.45) is 16.7 Å². The molecule has 41 heavy (non-hydrogen) atoms. The molecule has 0 unspecified atom stereocenters. The summed E-state index contributed by atoms with van der Waals surface area (Å²) in [5.74, 6) is 5.27. The molecule has 0 saturated heterocycles. The van der Waals surface area contributed by atoms with E-state index in [9.17, 15) is 39.5 Å². The number of hydrazine groups is 1. The van der Waals surface area contributed by atoms with Crippen molar-refractivity contribution in [2.75, 3.05) is 18.5 Å². The van der Waals surface area contributed by atoms with Crippen LogP contribution in [0.3, 0.4) is 0 Å². The first-order valence-corrected chi connectivity index (χ1v) is 12.6. The summed E-state index contributed by atoms with van der Waals surface area (Å²) in [7, 11) is 1.26. The van der Waals surface area contributed by atoms with Gasteiger partial charge in [-0.1, -0.05) is 12.8 Å². The summed E-state index contributed by atoms with van der Waals surface area (Å²) in [6.07, 6.45) is -10.9. The Hall–Kier alpha value is -3.43. The van der Waals surface area contributed by atoms with Gasteiger partial charge in [0, 0.05) is 44.5 Å². The molecule has 1 heterocycles. The number of pyridine rings is 1. The Bertz CT molecular complexity index is 1190. The highest BCUT2D eigenvalue weighted by Gasteiger charge is 2.37. The second-order valence-corrected chi connectivity index (χ2v) is 9.73. The standard InChI is InChI=1S/C25H30F9N7/c1-3-41(20-6-4-5-7-20)21-16(10-19(12-37-21)25(32,33)34)14-40(22(35)38-39(2)36)13-15-8-17(23(26,27)28)11-18(9-15)24(29,30)31/h8-12,20H,3-7,13-14,36H2,1-2H3,(H2,35,38). The first kappa shape index (κ1) is 32.1. The van der Waals surface area contributed by atoms with Gasteiger partial charge < -0.3 is 15.5 Å². The van der Waals surface area contributed by atoms with Crippen LogP contribution >= 0.6 is 0 Å². The number of halogens is 9. The molecule has 0 bridgehead atoms. The zero-order valence-electron chi connectivity index (χ0n) is 22.2. The van der Waals surface area contributed by atoms with Crippen LogP contribution in [-0.4, -0.2) is 40.6 Å². The molecule has 0 atom stereocenters.